The molecule has 0 aliphatic heterocycles. The van der Waals surface area contributed by atoms with Crippen LogP contribution in [0.25, 0.3) is 0 Å². The van der Waals surface area contributed by atoms with Crippen molar-refractivity contribution in [2.75, 3.05) is 26.9 Å². The number of aliphatic hydroxyl groups excluding tert-OH is 1. The second kappa shape index (κ2) is 8.74. The molecule has 1 aromatic rings. The van der Waals surface area contributed by atoms with Gasteiger partial charge in [-0.25, -0.2) is 0 Å². The SMILES string of the molecule is COCC(O)CNC(=O)CCOc1ccccc1Cl. The molecule has 6 heteroatoms. The Morgan fingerprint density at radius 1 is 1.47 bits per heavy atom. The van der Waals surface area contributed by atoms with Crippen molar-refractivity contribution in [3.05, 3.63) is 29.3 Å². The molecule has 1 aromatic carbocycles. The number of nitrogens with one attached hydrogen (secondary N) is 1. The summed E-state index contributed by atoms with van der Waals surface area (Å²) in [6, 6.07) is 7.07. The van der Waals surface area contributed by atoms with E-state index < -0.39 is 6.10 Å². The molecule has 19 heavy (non-hydrogen) atoms. The molecular weight excluding hydrogens is 270 g/mol. The van der Waals surface area contributed by atoms with E-state index in [-0.39, 0.29) is 32.1 Å². The molecule has 0 spiro atoms. The van der Waals surface area contributed by atoms with Gasteiger partial charge in [-0.2, -0.15) is 0 Å². The number of carbonyl (C=O) groups is 1. The van der Waals surface area contributed by atoms with Gasteiger partial charge in [-0.1, -0.05) is 23.7 Å². The number of halogens is 1. The van der Waals surface area contributed by atoms with Gasteiger partial charge in [0, 0.05) is 13.7 Å². The lowest BCUT2D eigenvalue weighted by atomic mass is 10.3. The van der Waals surface area contributed by atoms with Gasteiger partial charge in [-0.05, 0) is 12.1 Å². The summed E-state index contributed by atoms with van der Waals surface area (Å²) in [6.07, 6.45) is -0.497. The van der Waals surface area contributed by atoms with Crippen LogP contribution >= 0.6 is 11.6 Å². The molecule has 106 valence electrons. The summed E-state index contributed by atoms with van der Waals surface area (Å²) in [6.45, 7) is 0.588. The number of hydrogen-bond acceptors (Lipinski definition) is 4. The number of methoxy groups -OCH3 is 1. The van der Waals surface area contributed by atoms with Crippen molar-refractivity contribution in [2.45, 2.75) is 12.5 Å². The number of ether oxygens (including phenoxy) is 2. The summed E-state index contributed by atoms with van der Waals surface area (Å²) in [5.41, 5.74) is 0. The van der Waals surface area contributed by atoms with Crippen molar-refractivity contribution in [2.24, 2.45) is 0 Å². The van der Waals surface area contributed by atoms with E-state index in [1.165, 1.54) is 7.11 Å². The van der Waals surface area contributed by atoms with Gasteiger partial charge in [-0.3, -0.25) is 4.79 Å². The molecule has 0 saturated heterocycles. The number of hydrogen-bond donors (Lipinski definition) is 2. The minimum atomic E-state index is -0.696. The molecule has 0 heterocycles. The van der Waals surface area contributed by atoms with Gasteiger partial charge in [0.25, 0.3) is 0 Å². The van der Waals surface area contributed by atoms with Crippen molar-refractivity contribution in [3.63, 3.8) is 0 Å². The van der Waals surface area contributed by atoms with Gasteiger partial charge in [0.05, 0.1) is 30.8 Å². The highest BCUT2D eigenvalue weighted by atomic mass is 35.5. The van der Waals surface area contributed by atoms with Gasteiger partial charge in [0.15, 0.2) is 0 Å². The fourth-order valence-corrected chi connectivity index (χ4v) is 1.58. The van der Waals surface area contributed by atoms with E-state index in [4.69, 9.17) is 21.1 Å². The van der Waals surface area contributed by atoms with Crippen molar-refractivity contribution in [1.82, 2.24) is 5.32 Å². The van der Waals surface area contributed by atoms with E-state index in [1.807, 2.05) is 6.07 Å². The van der Waals surface area contributed by atoms with Crippen molar-refractivity contribution in [1.29, 1.82) is 0 Å². The van der Waals surface area contributed by atoms with Crippen molar-refractivity contribution in [3.8, 4) is 5.75 Å². The molecule has 0 aromatic heterocycles. The lowest BCUT2D eigenvalue weighted by molar-refractivity contribution is -0.122. The van der Waals surface area contributed by atoms with Crippen LogP contribution < -0.4 is 10.1 Å². The predicted octanol–water partition coefficient (Wildman–Crippen LogP) is 1.23. The van der Waals surface area contributed by atoms with E-state index in [1.54, 1.807) is 18.2 Å². The monoisotopic (exact) mass is 287 g/mol. The van der Waals surface area contributed by atoms with Gasteiger partial charge in [0.1, 0.15) is 5.75 Å². The smallest absolute Gasteiger partial charge is 0.223 e. The van der Waals surface area contributed by atoms with Gasteiger partial charge in [0.2, 0.25) is 5.91 Å². The topological polar surface area (TPSA) is 67.8 Å². The zero-order valence-corrected chi connectivity index (χ0v) is 11.5. The highest BCUT2D eigenvalue weighted by molar-refractivity contribution is 6.32. The van der Waals surface area contributed by atoms with Crippen LogP contribution in [0, 0.1) is 0 Å². The number of aliphatic hydroxyl groups is 1. The summed E-state index contributed by atoms with van der Waals surface area (Å²) in [7, 11) is 1.49. The molecule has 1 amide bonds. The van der Waals surface area contributed by atoms with E-state index >= 15 is 0 Å². The summed E-state index contributed by atoms with van der Waals surface area (Å²) in [5, 5.41) is 12.4. The Bertz CT molecular complexity index is 400. The first kappa shape index (κ1) is 15.8. The average Bonchev–Trinajstić information content (AvgIpc) is 2.39. The maximum atomic E-state index is 11.5. The molecule has 0 aliphatic rings. The average molecular weight is 288 g/mol. The minimum Gasteiger partial charge on any atom is -0.491 e. The van der Waals surface area contributed by atoms with E-state index in [2.05, 4.69) is 5.32 Å². The van der Waals surface area contributed by atoms with E-state index in [0.717, 1.165) is 0 Å². The van der Waals surface area contributed by atoms with Crippen LogP contribution in [-0.2, 0) is 9.53 Å². The molecule has 5 nitrogen and oxygen atoms in total. The number of rotatable bonds is 8. The maximum absolute atomic E-state index is 11.5. The lowest BCUT2D eigenvalue weighted by Gasteiger charge is -2.11. The number of carbonyl (C=O) groups excluding carboxylic acids is 1. The van der Waals surface area contributed by atoms with E-state index in [9.17, 15) is 9.90 Å². The Morgan fingerprint density at radius 3 is 2.89 bits per heavy atom. The maximum Gasteiger partial charge on any atom is 0.223 e. The van der Waals surface area contributed by atoms with Crippen LogP contribution in [0.3, 0.4) is 0 Å². The number of para-hydroxylation sites is 1. The van der Waals surface area contributed by atoms with Gasteiger partial charge in [-0.15, -0.1) is 0 Å². The van der Waals surface area contributed by atoms with Gasteiger partial charge >= 0.3 is 0 Å². The van der Waals surface area contributed by atoms with Crippen LogP contribution in [0.15, 0.2) is 24.3 Å². The fourth-order valence-electron chi connectivity index (χ4n) is 1.39. The third-order valence-electron chi connectivity index (χ3n) is 2.32. The molecule has 0 saturated carbocycles. The quantitative estimate of drug-likeness (QED) is 0.755. The third-order valence-corrected chi connectivity index (χ3v) is 2.63. The first-order valence-electron chi connectivity index (χ1n) is 5.94. The first-order valence-corrected chi connectivity index (χ1v) is 6.32. The Balaban J connectivity index is 2.19. The van der Waals surface area contributed by atoms with Crippen molar-refractivity contribution >= 4 is 17.5 Å². The molecular formula is C13H18ClNO4. The van der Waals surface area contributed by atoms with Crippen LogP contribution in [0.2, 0.25) is 5.02 Å². The summed E-state index contributed by atoms with van der Waals surface area (Å²) in [5.74, 6) is 0.360. The molecule has 0 fully saturated rings. The normalized spacial score (nSPS) is 11.9. The highest BCUT2D eigenvalue weighted by Crippen LogP contribution is 2.22. The molecule has 0 aliphatic carbocycles. The minimum absolute atomic E-state index is 0.165. The molecule has 2 N–H and O–H groups in total. The zero-order chi connectivity index (χ0) is 14.1. The van der Waals surface area contributed by atoms with Crippen LogP contribution in [0.4, 0.5) is 0 Å². The summed E-state index contributed by atoms with van der Waals surface area (Å²) >= 11 is 5.90. The lowest BCUT2D eigenvalue weighted by Crippen LogP contribution is -2.34. The second-order valence-electron chi connectivity index (χ2n) is 3.94. The first-order chi connectivity index (χ1) is 9.13. The summed E-state index contributed by atoms with van der Waals surface area (Å²) in [4.78, 5) is 11.5. The Labute approximate surface area is 117 Å². The summed E-state index contributed by atoms with van der Waals surface area (Å²) < 4.78 is 10.1. The highest BCUT2D eigenvalue weighted by Gasteiger charge is 2.07. The molecule has 1 unspecified atom stereocenters. The van der Waals surface area contributed by atoms with Crippen LogP contribution in [-0.4, -0.2) is 44.0 Å². The Kier molecular flexibility index (Phi) is 7.25. The Morgan fingerprint density at radius 2 is 2.21 bits per heavy atom. The second-order valence-corrected chi connectivity index (χ2v) is 4.35. The zero-order valence-electron chi connectivity index (χ0n) is 10.8. The molecule has 0 bridgehead atoms. The van der Waals surface area contributed by atoms with Crippen molar-refractivity contribution < 1.29 is 19.4 Å². The largest absolute Gasteiger partial charge is 0.491 e. The van der Waals surface area contributed by atoms with E-state index in [0.29, 0.717) is 10.8 Å². The molecule has 0 radical (unpaired) electrons. The molecule has 1 atom stereocenters. The number of amides is 1. The number of benzene rings is 1. The van der Waals surface area contributed by atoms with Crippen LogP contribution in [0.5, 0.6) is 5.75 Å². The van der Waals surface area contributed by atoms with Crippen LogP contribution in [0.1, 0.15) is 6.42 Å². The Hall–Kier alpha value is -1.30. The standard InChI is InChI=1S/C13H18ClNO4/c1-18-9-10(16)8-15-13(17)6-7-19-12-5-3-2-4-11(12)14/h2-5,10,16H,6-9H2,1H3,(H,15,17). The molecule has 1 rings (SSSR count). The van der Waals surface area contributed by atoms with Gasteiger partial charge < -0.3 is 19.9 Å². The fraction of sp³-hybridized carbons (Fsp3) is 0.462. The third kappa shape index (κ3) is 6.42. The predicted molar refractivity (Wildman–Crippen MR) is 72.5 cm³/mol.